The van der Waals surface area contributed by atoms with Crippen LogP contribution < -0.4 is 0 Å². The number of hydrogen-bond donors (Lipinski definition) is 0. The van der Waals surface area contributed by atoms with Crippen molar-refractivity contribution in [2.45, 2.75) is 25.8 Å². The minimum absolute atomic E-state index is 0.185. The van der Waals surface area contributed by atoms with Crippen molar-refractivity contribution < 1.29 is 27.2 Å². The van der Waals surface area contributed by atoms with Gasteiger partial charge in [0, 0.05) is 13.1 Å². The van der Waals surface area contributed by atoms with Crippen LogP contribution in [0.15, 0.2) is 0 Å². The summed E-state index contributed by atoms with van der Waals surface area (Å²) in [6, 6.07) is 0. The highest BCUT2D eigenvalue weighted by Gasteiger charge is 2.50. The summed E-state index contributed by atoms with van der Waals surface area (Å²) in [6.07, 6.45) is 1.13. The molecule has 2 aliphatic heterocycles. The Hall–Kier alpha value is -0.540. The highest BCUT2D eigenvalue weighted by molar-refractivity contribution is 7.74. The van der Waals surface area contributed by atoms with Crippen molar-refractivity contribution in [3.05, 3.63) is 0 Å². The average molecular weight is 306 g/mol. The molecule has 2 rings (SSSR count). The molecule has 8 heteroatoms. The zero-order valence-electron chi connectivity index (χ0n) is 11.8. The van der Waals surface area contributed by atoms with Crippen molar-refractivity contribution >= 4 is 17.3 Å². The Balaban J connectivity index is 1.68. The van der Waals surface area contributed by atoms with Crippen molar-refractivity contribution in [3.63, 3.8) is 0 Å². The summed E-state index contributed by atoms with van der Waals surface area (Å²) in [6.45, 7) is 6.46. The first kappa shape index (κ1) is 15.8. The van der Waals surface area contributed by atoms with E-state index < -0.39 is 22.7 Å². The second-order valence-corrected chi connectivity index (χ2v) is 6.58. The Kier molecular flexibility index (Phi) is 4.80. The Labute approximate surface area is 121 Å². The minimum Gasteiger partial charge on any atom is -0.750 e. The van der Waals surface area contributed by atoms with E-state index in [1.54, 1.807) is 13.8 Å². The van der Waals surface area contributed by atoms with Crippen molar-refractivity contribution in [2.75, 3.05) is 39.5 Å². The number of likely N-dealkylation sites (tertiary alicyclic amines) is 1. The van der Waals surface area contributed by atoms with Crippen LogP contribution in [0.5, 0.6) is 0 Å². The van der Waals surface area contributed by atoms with Crippen molar-refractivity contribution in [1.29, 1.82) is 0 Å². The Morgan fingerprint density at radius 2 is 2.20 bits per heavy atom. The number of carbonyl (C=O) groups is 1. The van der Waals surface area contributed by atoms with E-state index in [1.165, 1.54) is 0 Å². The second-order valence-electron chi connectivity index (χ2n) is 5.94. The van der Waals surface area contributed by atoms with Gasteiger partial charge < -0.3 is 14.0 Å². The summed E-state index contributed by atoms with van der Waals surface area (Å²) in [5, 5.41) is 0. The largest absolute Gasteiger partial charge is 0.750 e. The maximum Gasteiger partial charge on any atom is 0.313 e. The third kappa shape index (κ3) is 3.37. The fourth-order valence-corrected chi connectivity index (χ4v) is 2.69. The summed E-state index contributed by atoms with van der Waals surface area (Å²) in [5.74, 6) is -0.456. The van der Waals surface area contributed by atoms with E-state index in [0.29, 0.717) is 13.2 Å². The molecule has 0 aromatic heterocycles. The topological polar surface area (TPSA) is 88.1 Å². The van der Waals surface area contributed by atoms with Gasteiger partial charge in [-0.05, 0) is 20.3 Å². The number of nitrogens with zero attached hydrogens (tertiary/aromatic N) is 1. The van der Waals surface area contributed by atoms with Gasteiger partial charge in [0.1, 0.15) is 6.61 Å². The van der Waals surface area contributed by atoms with E-state index in [9.17, 15) is 13.6 Å². The molecule has 0 aliphatic carbocycles. The monoisotopic (exact) mass is 306 g/mol. The zero-order chi connectivity index (χ0) is 14.8. The van der Waals surface area contributed by atoms with Gasteiger partial charge in [0.2, 0.25) is 0 Å². The van der Waals surface area contributed by atoms with E-state index in [4.69, 9.17) is 9.47 Å². The molecule has 0 aromatic carbocycles. The molecule has 0 bridgehead atoms. The van der Waals surface area contributed by atoms with Gasteiger partial charge in [0.05, 0.1) is 42.1 Å². The highest BCUT2D eigenvalue weighted by atomic mass is 32.2. The molecule has 7 nitrogen and oxygen atoms in total. The molecular weight excluding hydrogens is 286 g/mol. The SMILES string of the molecule is CC(C)(COS(=O)[O-])C(=O)OCCN1CCC12COC2. The molecule has 2 aliphatic rings. The molecule has 2 fully saturated rings. The van der Waals surface area contributed by atoms with E-state index >= 15 is 0 Å². The van der Waals surface area contributed by atoms with Gasteiger partial charge in [-0.3, -0.25) is 13.9 Å². The van der Waals surface area contributed by atoms with Crippen LogP contribution in [-0.4, -0.2) is 64.7 Å². The van der Waals surface area contributed by atoms with Crippen LogP contribution in [0.4, 0.5) is 0 Å². The van der Waals surface area contributed by atoms with Gasteiger partial charge in [0.15, 0.2) is 0 Å². The quantitative estimate of drug-likeness (QED) is 0.477. The van der Waals surface area contributed by atoms with Crippen molar-refractivity contribution in [1.82, 2.24) is 4.90 Å². The number of carbonyl (C=O) groups excluding carboxylic acids is 1. The third-order valence-corrected chi connectivity index (χ3v) is 4.23. The molecule has 0 aromatic rings. The first-order chi connectivity index (χ1) is 9.36. The fraction of sp³-hybridized carbons (Fsp3) is 0.917. The van der Waals surface area contributed by atoms with Crippen molar-refractivity contribution in [3.8, 4) is 0 Å². The van der Waals surface area contributed by atoms with Crippen LogP contribution in [0.1, 0.15) is 20.3 Å². The zero-order valence-corrected chi connectivity index (χ0v) is 12.6. The molecule has 0 radical (unpaired) electrons. The van der Waals surface area contributed by atoms with Gasteiger partial charge in [-0.15, -0.1) is 0 Å². The van der Waals surface area contributed by atoms with Gasteiger partial charge in [-0.1, -0.05) is 0 Å². The van der Waals surface area contributed by atoms with Crippen LogP contribution >= 0.6 is 0 Å². The molecule has 0 N–H and O–H groups in total. The third-order valence-electron chi connectivity index (χ3n) is 3.92. The lowest BCUT2D eigenvalue weighted by molar-refractivity contribution is -0.197. The minimum atomic E-state index is -2.62. The summed E-state index contributed by atoms with van der Waals surface area (Å²) in [5.41, 5.74) is -0.795. The number of rotatable bonds is 7. The summed E-state index contributed by atoms with van der Waals surface area (Å²) in [4.78, 5) is 14.1. The molecule has 2 saturated heterocycles. The van der Waals surface area contributed by atoms with E-state index in [-0.39, 0.29) is 12.1 Å². The van der Waals surface area contributed by atoms with Crippen LogP contribution in [0.3, 0.4) is 0 Å². The lowest BCUT2D eigenvalue weighted by atomic mass is 9.83. The fourth-order valence-electron chi connectivity index (χ4n) is 2.30. The molecule has 2 heterocycles. The molecule has 1 unspecified atom stereocenters. The molecule has 116 valence electrons. The van der Waals surface area contributed by atoms with Crippen LogP contribution in [0, 0.1) is 5.41 Å². The van der Waals surface area contributed by atoms with Gasteiger partial charge in [0.25, 0.3) is 0 Å². The number of ether oxygens (including phenoxy) is 2. The maximum atomic E-state index is 11.9. The standard InChI is InChI=1S/C12H21NO6S/c1-11(2,7-19-20(15)16)10(14)18-6-5-13-4-3-12(13)8-17-9-12/h3-9H2,1-2H3,(H,15,16)/p-1. The van der Waals surface area contributed by atoms with E-state index in [1.807, 2.05) is 0 Å². The van der Waals surface area contributed by atoms with Gasteiger partial charge in [-0.25, -0.2) is 4.21 Å². The molecule has 0 amide bonds. The summed E-state index contributed by atoms with van der Waals surface area (Å²) >= 11 is -2.62. The molecule has 20 heavy (non-hydrogen) atoms. The highest BCUT2D eigenvalue weighted by Crippen LogP contribution is 2.36. The first-order valence-corrected chi connectivity index (χ1v) is 7.58. The van der Waals surface area contributed by atoms with Gasteiger partial charge >= 0.3 is 5.97 Å². The lowest BCUT2D eigenvalue weighted by Crippen LogP contribution is -2.71. The maximum absolute atomic E-state index is 11.9. The summed E-state index contributed by atoms with van der Waals surface area (Å²) < 4.78 is 35.5. The van der Waals surface area contributed by atoms with E-state index in [2.05, 4.69) is 9.08 Å². The molecule has 0 saturated carbocycles. The first-order valence-electron chi connectivity index (χ1n) is 6.58. The Morgan fingerprint density at radius 3 is 2.65 bits per heavy atom. The van der Waals surface area contributed by atoms with Gasteiger partial charge in [-0.2, -0.15) is 0 Å². The van der Waals surface area contributed by atoms with Crippen molar-refractivity contribution in [2.24, 2.45) is 5.41 Å². The number of hydrogen-bond acceptors (Lipinski definition) is 7. The normalized spacial score (nSPS) is 22.9. The average Bonchev–Trinajstić information content (AvgIpc) is 2.28. The molecule has 1 spiro atoms. The van der Waals surface area contributed by atoms with Crippen LogP contribution in [0.25, 0.3) is 0 Å². The predicted octanol–water partition coefficient (Wildman–Crippen LogP) is -0.159. The van der Waals surface area contributed by atoms with Crippen LogP contribution in [0.2, 0.25) is 0 Å². The Bertz CT molecular complexity index is 390. The van der Waals surface area contributed by atoms with Crippen LogP contribution in [-0.2, 0) is 29.8 Å². The predicted molar refractivity (Wildman–Crippen MR) is 69.4 cm³/mol. The lowest BCUT2D eigenvalue weighted by Gasteiger charge is -2.57. The molecular formula is C12H20NO6S-. The summed E-state index contributed by atoms with van der Waals surface area (Å²) in [7, 11) is 0. The molecule has 1 atom stereocenters. The second kappa shape index (κ2) is 6.07. The smallest absolute Gasteiger partial charge is 0.313 e. The van der Waals surface area contributed by atoms with E-state index in [0.717, 1.165) is 26.2 Å². The Morgan fingerprint density at radius 1 is 1.50 bits per heavy atom. The number of esters is 1.